The standard InChI is InChI=1S/C14H16N6O3/c1-7-11(20-3-2-8(6-20)12(15)21)4-10(19-18-7)9-5-16-14(23)17-13(9)22/h4-5,8H,2-3,6H2,1H3,(H2,15,21)(H2,16,17,22,23)/t8-/m0/s1. The average Bonchev–Trinajstić information content (AvgIpc) is 2.98. The molecule has 9 nitrogen and oxygen atoms in total. The maximum Gasteiger partial charge on any atom is 0.325 e. The molecule has 23 heavy (non-hydrogen) atoms. The topological polar surface area (TPSA) is 138 Å². The molecule has 1 aliphatic heterocycles. The molecule has 1 aliphatic rings. The number of hydrogen-bond donors (Lipinski definition) is 3. The second kappa shape index (κ2) is 5.67. The third-order valence-corrected chi connectivity index (χ3v) is 3.98. The fraction of sp³-hybridized carbons (Fsp3) is 0.357. The lowest BCUT2D eigenvalue weighted by Crippen LogP contribution is -2.28. The number of aryl methyl sites for hydroxylation is 1. The fourth-order valence-corrected chi connectivity index (χ4v) is 2.71. The van der Waals surface area contributed by atoms with E-state index in [-0.39, 0.29) is 17.4 Å². The molecular weight excluding hydrogens is 300 g/mol. The van der Waals surface area contributed by atoms with Gasteiger partial charge in [0.15, 0.2) is 0 Å². The summed E-state index contributed by atoms with van der Waals surface area (Å²) in [6.07, 6.45) is 1.99. The molecular formula is C14H16N6O3. The van der Waals surface area contributed by atoms with Crippen LogP contribution in [0.4, 0.5) is 5.69 Å². The van der Waals surface area contributed by atoms with Crippen molar-refractivity contribution < 1.29 is 4.79 Å². The minimum atomic E-state index is -0.581. The number of rotatable bonds is 3. The Bertz CT molecular complexity index is 871. The Morgan fingerprint density at radius 1 is 1.39 bits per heavy atom. The van der Waals surface area contributed by atoms with Gasteiger partial charge in [-0.3, -0.25) is 14.6 Å². The van der Waals surface area contributed by atoms with Gasteiger partial charge in [-0.25, -0.2) is 4.79 Å². The molecule has 0 bridgehead atoms. The monoisotopic (exact) mass is 316 g/mol. The van der Waals surface area contributed by atoms with Gasteiger partial charge in [0.2, 0.25) is 5.91 Å². The first-order valence-corrected chi connectivity index (χ1v) is 7.16. The number of hydrogen-bond acceptors (Lipinski definition) is 6. The maximum absolute atomic E-state index is 11.9. The zero-order valence-corrected chi connectivity index (χ0v) is 12.5. The van der Waals surface area contributed by atoms with Crippen LogP contribution in [0.2, 0.25) is 0 Å². The van der Waals surface area contributed by atoms with E-state index in [0.29, 0.717) is 30.9 Å². The number of H-pyrrole nitrogens is 2. The lowest BCUT2D eigenvalue weighted by molar-refractivity contribution is -0.121. The van der Waals surface area contributed by atoms with Crippen molar-refractivity contribution in [1.82, 2.24) is 20.2 Å². The SMILES string of the molecule is Cc1nnc(-c2c[nH]c(=O)[nH]c2=O)cc1N1CC[C@H](C(N)=O)C1. The fourth-order valence-electron chi connectivity index (χ4n) is 2.71. The summed E-state index contributed by atoms with van der Waals surface area (Å²) in [6.45, 7) is 3.01. The third-order valence-electron chi connectivity index (χ3n) is 3.98. The molecule has 120 valence electrons. The summed E-state index contributed by atoms with van der Waals surface area (Å²) in [5.74, 6) is -0.507. The van der Waals surface area contributed by atoms with Crippen molar-refractivity contribution in [2.45, 2.75) is 13.3 Å². The quantitative estimate of drug-likeness (QED) is 0.673. The third kappa shape index (κ3) is 2.85. The number of aromatic amines is 2. The van der Waals surface area contributed by atoms with Gasteiger partial charge in [-0.05, 0) is 19.4 Å². The smallest absolute Gasteiger partial charge is 0.325 e. The Balaban J connectivity index is 1.98. The van der Waals surface area contributed by atoms with Gasteiger partial charge in [0.1, 0.15) is 5.69 Å². The normalized spacial score (nSPS) is 17.4. The Hall–Kier alpha value is -2.97. The van der Waals surface area contributed by atoms with Crippen molar-refractivity contribution in [1.29, 1.82) is 0 Å². The Morgan fingerprint density at radius 3 is 2.83 bits per heavy atom. The molecule has 0 aromatic carbocycles. The van der Waals surface area contributed by atoms with Crippen molar-refractivity contribution in [2.24, 2.45) is 11.7 Å². The Labute approximate surface area is 130 Å². The van der Waals surface area contributed by atoms with Crippen LogP contribution in [0.1, 0.15) is 12.1 Å². The summed E-state index contributed by atoms with van der Waals surface area (Å²) in [6, 6.07) is 1.73. The van der Waals surface area contributed by atoms with Gasteiger partial charge in [-0.2, -0.15) is 5.10 Å². The number of anilines is 1. The van der Waals surface area contributed by atoms with Gasteiger partial charge in [-0.15, -0.1) is 5.10 Å². The Morgan fingerprint density at radius 2 is 2.17 bits per heavy atom. The van der Waals surface area contributed by atoms with E-state index in [4.69, 9.17) is 5.73 Å². The van der Waals surface area contributed by atoms with Crippen LogP contribution >= 0.6 is 0 Å². The second-order valence-corrected chi connectivity index (χ2v) is 5.52. The molecule has 0 radical (unpaired) electrons. The number of amides is 1. The van der Waals surface area contributed by atoms with Crippen LogP contribution in [0.25, 0.3) is 11.3 Å². The van der Waals surface area contributed by atoms with E-state index in [0.717, 1.165) is 5.69 Å². The zero-order chi connectivity index (χ0) is 16.6. The predicted octanol–water partition coefficient (Wildman–Crippen LogP) is -0.860. The molecule has 3 heterocycles. The first-order valence-electron chi connectivity index (χ1n) is 7.16. The minimum Gasteiger partial charge on any atom is -0.369 e. The summed E-state index contributed by atoms with van der Waals surface area (Å²) in [7, 11) is 0. The summed E-state index contributed by atoms with van der Waals surface area (Å²) >= 11 is 0. The predicted molar refractivity (Wildman–Crippen MR) is 83.0 cm³/mol. The summed E-state index contributed by atoms with van der Waals surface area (Å²) in [5, 5.41) is 8.10. The lowest BCUT2D eigenvalue weighted by Gasteiger charge is -2.20. The number of nitrogens with two attached hydrogens (primary N) is 1. The summed E-state index contributed by atoms with van der Waals surface area (Å²) in [5.41, 5.74) is 6.31. The number of carbonyl (C=O) groups excluding carboxylic acids is 1. The highest BCUT2D eigenvalue weighted by atomic mass is 16.2. The van der Waals surface area contributed by atoms with Crippen LogP contribution in [0.15, 0.2) is 21.9 Å². The molecule has 2 aromatic heterocycles. The second-order valence-electron chi connectivity index (χ2n) is 5.52. The molecule has 4 N–H and O–H groups in total. The molecule has 0 aliphatic carbocycles. The van der Waals surface area contributed by atoms with Gasteiger partial charge >= 0.3 is 5.69 Å². The Kier molecular flexibility index (Phi) is 3.68. The molecule has 1 atom stereocenters. The van der Waals surface area contributed by atoms with Crippen LogP contribution in [-0.4, -0.2) is 39.2 Å². The van der Waals surface area contributed by atoms with Crippen LogP contribution < -0.4 is 21.9 Å². The zero-order valence-electron chi connectivity index (χ0n) is 12.5. The molecule has 1 saturated heterocycles. The molecule has 0 unspecified atom stereocenters. The summed E-state index contributed by atoms with van der Waals surface area (Å²) < 4.78 is 0. The van der Waals surface area contributed by atoms with Crippen molar-refractivity contribution in [2.75, 3.05) is 18.0 Å². The highest BCUT2D eigenvalue weighted by Crippen LogP contribution is 2.27. The van der Waals surface area contributed by atoms with Crippen molar-refractivity contribution in [3.63, 3.8) is 0 Å². The van der Waals surface area contributed by atoms with Crippen LogP contribution in [-0.2, 0) is 4.79 Å². The average molecular weight is 316 g/mol. The van der Waals surface area contributed by atoms with Crippen molar-refractivity contribution in [3.8, 4) is 11.3 Å². The lowest BCUT2D eigenvalue weighted by atomic mass is 10.1. The first kappa shape index (κ1) is 14.9. The van der Waals surface area contributed by atoms with E-state index in [1.54, 1.807) is 13.0 Å². The highest BCUT2D eigenvalue weighted by molar-refractivity contribution is 5.78. The van der Waals surface area contributed by atoms with Crippen LogP contribution in [0, 0.1) is 12.8 Å². The molecule has 3 rings (SSSR count). The van der Waals surface area contributed by atoms with E-state index in [1.165, 1.54) is 6.20 Å². The molecule has 1 amide bonds. The van der Waals surface area contributed by atoms with Crippen LogP contribution in [0.5, 0.6) is 0 Å². The van der Waals surface area contributed by atoms with Gasteiger partial charge in [-0.1, -0.05) is 0 Å². The van der Waals surface area contributed by atoms with Gasteiger partial charge in [0.25, 0.3) is 5.56 Å². The van der Waals surface area contributed by atoms with Gasteiger partial charge in [0, 0.05) is 19.3 Å². The van der Waals surface area contributed by atoms with Gasteiger partial charge in [0.05, 0.1) is 22.9 Å². The molecule has 9 heteroatoms. The van der Waals surface area contributed by atoms with Crippen molar-refractivity contribution in [3.05, 3.63) is 38.8 Å². The highest BCUT2D eigenvalue weighted by Gasteiger charge is 2.28. The largest absolute Gasteiger partial charge is 0.369 e. The molecule has 1 fully saturated rings. The first-order chi connectivity index (χ1) is 11.0. The van der Waals surface area contributed by atoms with E-state index >= 15 is 0 Å². The van der Waals surface area contributed by atoms with Crippen molar-refractivity contribution >= 4 is 11.6 Å². The summed E-state index contributed by atoms with van der Waals surface area (Å²) in [4.78, 5) is 40.9. The maximum atomic E-state index is 11.9. The number of nitrogens with one attached hydrogen (secondary N) is 2. The van der Waals surface area contributed by atoms with E-state index < -0.39 is 11.2 Å². The number of primary amides is 1. The number of carbonyl (C=O) groups is 1. The van der Waals surface area contributed by atoms with E-state index in [9.17, 15) is 14.4 Å². The minimum absolute atomic E-state index is 0.192. The van der Waals surface area contributed by atoms with Crippen LogP contribution in [0.3, 0.4) is 0 Å². The molecule has 0 saturated carbocycles. The van der Waals surface area contributed by atoms with Gasteiger partial charge < -0.3 is 15.6 Å². The number of nitrogens with zero attached hydrogens (tertiary/aromatic N) is 3. The van der Waals surface area contributed by atoms with E-state index in [1.807, 2.05) is 4.90 Å². The molecule has 0 spiro atoms. The molecule has 2 aromatic rings. The van der Waals surface area contributed by atoms with E-state index in [2.05, 4.69) is 20.2 Å². The number of aromatic nitrogens is 4.